The first kappa shape index (κ1) is 12.6. The highest BCUT2D eigenvalue weighted by atomic mass is 35.5. The Morgan fingerprint density at radius 2 is 2.21 bits per heavy atom. The van der Waals surface area contributed by atoms with Crippen LogP contribution in [-0.2, 0) is 6.42 Å². The van der Waals surface area contributed by atoms with Crippen LogP contribution in [0.3, 0.4) is 0 Å². The summed E-state index contributed by atoms with van der Waals surface area (Å²) in [6.07, 6.45) is 3.12. The molecule has 2 aromatic rings. The van der Waals surface area contributed by atoms with Gasteiger partial charge in [0.25, 0.3) is 5.89 Å². The molecule has 19 heavy (non-hydrogen) atoms. The largest absolute Gasteiger partial charge is 0.421 e. The Hall–Kier alpha value is -1.46. The standard InChI is InChI=1S/C13H13ClFN3O/c14-8-1-4-11(15)10(7-8)13-18-17-12(19-13)5-6-16-9-2-3-9/h1,4,7,9,16H,2-3,5-6H2. The van der Waals surface area contributed by atoms with Gasteiger partial charge in [0.15, 0.2) is 0 Å². The fraction of sp³-hybridized carbons (Fsp3) is 0.385. The van der Waals surface area contributed by atoms with Crippen molar-refractivity contribution in [3.8, 4) is 11.5 Å². The molecule has 1 aromatic heterocycles. The second-order valence-corrected chi connectivity index (χ2v) is 5.04. The second-order valence-electron chi connectivity index (χ2n) is 4.60. The topological polar surface area (TPSA) is 51.0 Å². The van der Waals surface area contributed by atoms with Crippen molar-refractivity contribution in [1.82, 2.24) is 15.5 Å². The van der Waals surface area contributed by atoms with E-state index in [0.29, 0.717) is 23.4 Å². The zero-order valence-corrected chi connectivity index (χ0v) is 11.0. The summed E-state index contributed by atoms with van der Waals surface area (Å²) >= 11 is 5.83. The molecule has 1 fully saturated rings. The molecule has 3 rings (SSSR count). The molecule has 0 bridgehead atoms. The number of hydrogen-bond donors (Lipinski definition) is 1. The third-order valence-corrected chi connectivity index (χ3v) is 3.21. The normalized spacial score (nSPS) is 14.8. The van der Waals surface area contributed by atoms with Gasteiger partial charge in [-0.1, -0.05) is 11.6 Å². The third-order valence-electron chi connectivity index (χ3n) is 2.97. The molecule has 0 unspecified atom stereocenters. The first-order valence-electron chi connectivity index (χ1n) is 6.23. The van der Waals surface area contributed by atoms with Crippen molar-refractivity contribution < 1.29 is 8.81 Å². The lowest BCUT2D eigenvalue weighted by molar-refractivity contribution is 0.490. The smallest absolute Gasteiger partial charge is 0.250 e. The van der Waals surface area contributed by atoms with Gasteiger partial charge < -0.3 is 9.73 Å². The number of benzene rings is 1. The average molecular weight is 282 g/mol. The Balaban J connectivity index is 1.70. The average Bonchev–Trinajstić information content (AvgIpc) is 3.10. The summed E-state index contributed by atoms with van der Waals surface area (Å²) < 4.78 is 19.1. The van der Waals surface area contributed by atoms with Crippen molar-refractivity contribution >= 4 is 11.6 Å². The lowest BCUT2D eigenvalue weighted by Gasteiger charge is -1.99. The van der Waals surface area contributed by atoms with Crippen LogP contribution in [0.25, 0.3) is 11.5 Å². The molecule has 4 nitrogen and oxygen atoms in total. The predicted octanol–water partition coefficient (Wildman–Crippen LogP) is 2.82. The van der Waals surface area contributed by atoms with E-state index in [1.165, 1.54) is 31.0 Å². The molecule has 6 heteroatoms. The summed E-state index contributed by atoms with van der Waals surface area (Å²) in [6, 6.07) is 4.90. The van der Waals surface area contributed by atoms with E-state index < -0.39 is 5.82 Å². The Morgan fingerprint density at radius 1 is 1.37 bits per heavy atom. The van der Waals surface area contributed by atoms with Crippen LogP contribution in [0.4, 0.5) is 4.39 Å². The van der Waals surface area contributed by atoms with Crippen molar-refractivity contribution in [2.45, 2.75) is 25.3 Å². The quantitative estimate of drug-likeness (QED) is 0.916. The lowest BCUT2D eigenvalue weighted by Crippen LogP contribution is -2.19. The van der Waals surface area contributed by atoms with Crippen LogP contribution in [0, 0.1) is 5.82 Å². The Kier molecular flexibility index (Phi) is 3.48. The number of rotatable bonds is 5. The lowest BCUT2D eigenvalue weighted by atomic mass is 10.2. The van der Waals surface area contributed by atoms with Gasteiger partial charge in [0.05, 0.1) is 5.56 Å². The molecule has 0 aliphatic heterocycles. The minimum Gasteiger partial charge on any atom is -0.421 e. The molecule has 1 heterocycles. The SMILES string of the molecule is Fc1ccc(Cl)cc1-c1nnc(CCNC2CC2)o1. The van der Waals surface area contributed by atoms with Gasteiger partial charge >= 0.3 is 0 Å². The highest BCUT2D eigenvalue weighted by Crippen LogP contribution is 2.25. The molecular formula is C13H13ClFN3O. The number of halogens is 2. The van der Waals surface area contributed by atoms with Crippen LogP contribution in [0.1, 0.15) is 18.7 Å². The molecule has 1 N–H and O–H groups in total. The van der Waals surface area contributed by atoms with Gasteiger partial charge in [-0.3, -0.25) is 0 Å². The maximum absolute atomic E-state index is 13.6. The molecule has 0 saturated heterocycles. The molecule has 0 radical (unpaired) electrons. The molecule has 1 aromatic carbocycles. The summed E-state index contributed by atoms with van der Waals surface area (Å²) in [4.78, 5) is 0. The van der Waals surface area contributed by atoms with Gasteiger partial charge in [0.2, 0.25) is 5.89 Å². The Labute approximate surface area is 115 Å². The number of nitrogens with zero attached hydrogens (tertiary/aromatic N) is 2. The van der Waals surface area contributed by atoms with Crippen molar-refractivity contribution in [3.05, 3.63) is 34.9 Å². The van der Waals surface area contributed by atoms with E-state index in [2.05, 4.69) is 15.5 Å². The second kappa shape index (κ2) is 5.27. The fourth-order valence-corrected chi connectivity index (χ4v) is 1.97. The van der Waals surface area contributed by atoms with E-state index in [1.807, 2.05) is 0 Å². The summed E-state index contributed by atoms with van der Waals surface area (Å²) in [5.41, 5.74) is 0.237. The van der Waals surface area contributed by atoms with E-state index in [-0.39, 0.29) is 11.5 Å². The summed E-state index contributed by atoms with van der Waals surface area (Å²) in [5.74, 6) is 0.250. The maximum Gasteiger partial charge on any atom is 0.250 e. The van der Waals surface area contributed by atoms with Crippen LogP contribution in [0.2, 0.25) is 5.02 Å². The molecule has 0 spiro atoms. The molecular weight excluding hydrogens is 269 g/mol. The summed E-state index contributed by atoms with van der Waals surface area (Å²) in [5, 5.41) is 11.6. The number of aromatic nitrogens is 2. The van der Waals surface area contributed by atoms with Crippen LogP contribution >= 0.6 is 11.6 Å². The van der Waals surface area contributed by atoms with Crippen LogP contribution in [0.5, 0.6) is 0 Å². The highest BCUT2D eigenvalue weighted by molar-refractivity contribution is 6.30. The van der Waals surface area contributed by atoms with Crippen molar-refractivity contribution in [3.63, 3.8) is 0 Å². The first-order chi connectivity index (χ1) is 9.22. The highest BCUT2D eigenvalue weighted by Gasteiger charge is 2.20. The summed E-state index contributed by atoms with van der Waals surface area (Å²) in [6.45, 7) is 0.796. The molecule has 0 amide bonds. The van der Waals surface area contributed by atoms with Crippen molar-refractivity contribution in [2.75, 3.05) is 6.54 Å². The molecule has 1 aliphatic carbocycles. The van der Waals surface area contributed by atoms with Gasteiger partial charge in [-0.2, -0.15) is 0 Å². The molecule has 0 atom stereocenters. The third kappa shape index (κ3) is 3.11. The molecule has 100 valence electrons. The maximum atomic E-state index is 13.6. The van der Waals surface area contributed by atoms with E-state index in [4.69, 9.17) is 16.0 Å². The minimum absolute atomic E-state index is 0.168. The predicted molar refractivity (Wildman–Crippen MR) is 69.4 cm³/mol. The fourth-order valence-electron chi connectivity index (χ4n) is 1.80. The van der Waals surface area contributed by atoms with Gasteiger partial charge in [-0.15, -0.1) is 10.2 Å². The van der Waals surface area contributed by atoms with Crippen LogP contribution in [0.15, 0.2) is 22.6 Å². The zero-order chi connectivity index (χ0) is 13.2. The van der Waals surface area contributed by atoms with Gasteiger partial charge in [-0.25, -0.2) is 4.39 Å². The monoisotopic (exact) mass is 281 g/mol. The van der Waals surface area contributed by atoms with E-state index in [9.17, 15) is 4.39 Å². The summed E-state index contributed by atoms with van der Waals surface area (Å²) in [7, 11) is 0. The number of hydrogen-bond acceptors (Lipinski definition) is 4. The zero-order valence-electron chi connectivity index (χ0n) is 10.2. The van der Waals surface area contributed by atoms with Crippen LogP contribution in [-0.4, -0.2) is 22.8 Å². The van der Waals surface area contributed by atoms with Gasteiger partial charge in [-0.05, 0) is 31.0 Å². The van der Waals surface area contributed by atoms with Gasteiger partial charge in [0, 0.05) is 24.0 Å². The molecule has 1 saturated carbocycles. The van der Waals surface area contributed by atoms with Crippen molar-refractivity contribution in [2.24, 2.45) is 0 Å². The minimum atomic E-state index is -0.421. The van der Waals surface area contributed by atoms with E-state index in [1.54, 1.807) is 0 Å². The van der Waals surface area contributed by atoms with Crippen LogP contribution < -0.4 is 5.32 Å². The Bertz CT molecular complexity index is 583. The first-order valence-corrected chi connectivity index (χ1v) is 6.61. The van der Waals surface area contributed by atoms with Gasteiger partial charge in [0.1, 0.15) is 5.82 Å². The van der Waals surface area contributed by atoms with E-state index >= 15 is 0 Å². The number of nitrogens with one attached hydrogen (secondary N) is 1. The van der Waals surface area contributed by atoms with Crippen molar-refractivity contribution in [1.29, 1.82) is 0 Å². The Morgan fingerprint density at radius 3 is 3.00 bits per heavy atom. The molecule has 1 aliphatic rings. The van der Waals surface area contributed by atoms with E-state index in [0.717, 1.165) is 6.54 Å².